The van der Waals surface area contributed by atoms with Crippen LogP contribution >= 0.6 is 0 Å². The maximum absolute atomic E-state index is 11.0. The van der Waals surface area contributed by atoms with E-state index in [2.05, 4.69) is 10.0 Å². The number of hydrogen-bond acceptors (Lipinski definition) is 6. The number of ether oxygens (including phenoxy) is 1. The second-order valence-corrected chi connectivity index (χ2v) is 5.72. The van der Waals surface area contributed by atoms with Crippen molar-refractivity contribution in [3.05, 3.63) is 0 Å². The van der Waals surface area contributed by atoms with Crippen molar-refractivity contribution < 1.29 is 23.1 Å². The summed E-state index contributed by atoms with van der Waals surface area (Å²) < 4.78 is 28.5. The Bertz CT molecular complexity index is 331. The van der Waals surface area contributed by atoms with E-state index in [-0.39, 0.29) is 13.0 Å². The van der Waals surface area contributed by atoms with Gasteiger partial charge in [0, 0.05) is 13.1 Å². The smallest absolute Gasteiger partial charge is 0.308 e. The van der Waals surface area contributed by atoms with Gasteiger partial charge in [0.2, 0.25) is 10.0 Å². The molecule has 0 aromatic heterocycles. The van der Waals surface area contributed by atoms with Gasteiger partial charge in [-0.15, -0.1) is 0 Å². The zero-order chi connectivity index (χ0) is 14.0. The second-order valence-electron chi connectivity index (χ2n) is 3.89. The number of sulfonamides is 1. The molecule has 0 fully saturated rings. The lowest BCUT2D eigenvalue weighted by Gasteiger charge is -2.11. The summed E-state index contributed by atoms with van der Waals surface area (Å²) >= 11 is 0. The first kappa shape index (κ1) is 17.3. The van der Waals surface area contributed by atoms with E-state index in [1.165, 1.54) is 0 Å². The van der Waals surface area contributed by atoms with Gasteiger partial charge in [0.25, 0.3) is 0 Å². The Hall–Kier alpha value is -0.700. The van der Waals surface area contributed by atoms with Gasteiger partial charge in [-0.25, -0.2) is 13.1 Å². The van der Waals surface area contributed by atoms with Crippen molar-refractivity contribution in [3.8, 4) is 0 Å². The molecule has 0 radical (unpaired) electrons. The highest BCUT2D eigenvalue weighted by Crippen LogP contribution is 1.93. The van der Waals surface area contributed by atoms with Crippen LogP contribution in [-0.2, 0) is 19.6 Å². The van der Waals surface area contributed by atoms with Crippen LogP contribution in [0.25, 0.3) is 0 Å². The van der Waals surface area contributed by atoms with Crippen molar-refractivity contribution in [2.75, 3.05) is 32.5 Å². The highest BCUT2D eigenvalue weighted by atomic mass is 32.2. The number of carbonyl (C=O) groups is 1. The normalized spacial score (nSPS) is 13.3. The van der Waals surface area contributed by atoms with Crippen LogP contribution < -0.4 is 10.0 Å². The quantitative estimate of drug-likeness (QED) is 0.344. The van der Waals surface area contributed by atoms with Gasteiger partial charge in [-0.2, -0.15) is 0 Å². The van der Waals surface area contributed by atoms with Gasteiger partial charge in [0.15, 0.2) is 0 Å². The van der Waals surface area contributed by atoms with Gasteiger partial charge in [-0.3, -0.25) is 4.79 Å². The summed E-state index contributed by atoms with van der Waals surface area (Å²) in [5, 5.41) is 12.4. The minimum atomic E-state index is -3.14. The van der Waals surface area contributed by atoms with Crippen LogP contribution in [0.2, 0.25) is 0 Å². The molecule has 0 spiro atoms. The summed E-state index contributed by atoms with van der Waals surface area (Å²) in [4.78, 5) is 11.0. The number of aliphatic hydroxyl groups is 1. The topological polar surface area (TPSA) is 105 Å². The van der Waals surface area contributed by atoms with Crippen LogP contribution in [0, 0.1) is 0 Å². The zero-order valence-electron chi connectivity index (χ0n) is 10.8. The highest BCUT2D eigenvalue weighted by Gasteiger charge is 2.10. The Morgan fingerprint density at radius 3 is 2.61 bits per heavy atom. The van der Waals surface area contributed by atoms with Crippen molar-refractivity contribution in [2.24, 2.45) is 0 Å². The van der Waals surface area contributed by atoms with E-state index >= 15 is 0 Å². The number of aliphatic hydroxyl groups excluding tert-OH is 1. The second kappa shape index (κ2) is 9.26. The number of hydrogen-bond donors (Lipinski definition) is 3. The fourth-order valence-electron chi connectivity index (χ4n) is 1.22. The van der Waals surface area contributed by atoms with E-state index in [1.54, 1.807) is 6.92 Å². The standard InChI is InChI=1S/C10H22N2O5S/c1-3-17-10(14)7-9(13)8-11-5-4-6-12-18(2,15)16/h9,11-13H,3-8H2,1-2H3. The monoisotopic (exact) mass is 282 g/mol. The predicted octanol–water partition coefficient (Wildman–Crippen LogP) is -1.17. The molecule has 0 aliphatic carbocycles. The third kappa shape index (κ3) is 11.8. The molecule has 8 heteroatoms. The van der Waals surface area contributed by atoms with Gasteiger partial charge >= 0.3 is 5.97 Å². The molecule has 0 bridgehead atoms. The minimum Gasteiger partial charge on any atom is -0.466 e. The summed E-state index contributed by atoms with van der Waals surface area (Å²) in [6, 6.07) is 0. The highest BCUT2D eigenvalue weighted by molar-refractivity contribution is 7.88. The molecular weight excluding hydrogens is 260 g/mol. The number of carbonyl (C=O) groups excluding carboxylic acids is 1. The van der Waals surface area contributed by atoms with E-state index in [0.717, 1.165) is 6.26 Å². The fourth-order valence-corrected chi connectivity index (χ4v) is 1.74. The average Bonchev–Trinajstić information content (AvgIpc) is 2.21. The molecule has 18 heavy (non-hydrogen) atoms. The Morgan fingerprint density at radius 1 is 1.39 bits per heavy atom. The first-order valence-electron chi connectivity index (χ1n) is 5.84. The summed E-state index contributed by atoms with van der Waals surface area (Å²) in [6.45, 7) is 3.19. The van der Waals surface area contributed by atoms with Crippen molar-refractivity contribution >= 4 is 16.0 Å². The molecule has 1 unspecified atom stereocenters. The lowest BCUT2D eigenvalue weighted by molar-refractivity contribution is -0.145. The molecule has 108 valence electrons. The molecule has 0 saturated heterocycles. The molecule has 0 aromatic rings. The number of esters is 1. The molecule has 0 amide bonds. The average molecular weight is 282 g/mol. The Labute approximate surface area is 108 Å². The van der Waals surface area contributed by atoms with Crippen molar-refractivity contribution in [2.45, 2.75) is 25.9 Å². The third-order valence-electron chi connectivity index (χ3n) is 1.98. The molecular formula is C10H22N2O5S. The summed E-state index contributed by atoms with van der Waals surface area (Å²) in [7, 11) is -3.14. The molecule has 0 heterocycles. The molecule has 7 nitrogen and oxygen atoms in total. The third-order valence-corrected chi connectivity index (χ3v) is 2.71. The Balaban J connectivity index is 3.46. The van der Waals surface area contributed by atoms with Gasteiger partial charge in [0.05, 0.1) is 25.4 Å². The zero-order valence-corrected chi connectivity index (χ0v) is 11.6. The molecule has 3 N–H and O–H groups in total. The van der Waals surface area contributed by atoms with Gasteiger partial charge < -0.3 is 15.2 Å². The number of rotatable bonds is 10. The van der Waals surface area contributed by atoms with Gasteiger partial charge in [-0.05, 0) is 19.9 Å². The predicted molar refractivity (Wildman–Crippen MR) is 67.6 cm³/mol. The van der Waals surface area contributed by atoms with E-state index in [9.17, 15) is 18.3 Å². The van der Waals surface area contributed by atoms with E-state index in [0.29, 0.717) is 26.1 Å². The minimum absolute atomic E-state index is 0.0393. The molecule has 0 aromatic carbocycles. The van der Waals surface area contributed by atoms with Gasteiger partial charge in [0.1, 0.15) is 0 Å². The lowest BCUT2D eigenvalue weighted by atomic mass is 10.2. The van der Waals surface area contributed by atoms with E-state index < -0.39 is 22.1 Å². The maximum atomic E-state index is 11.0. The number of nitrogens with one attached hydrogen (secondary N) is 2. The fraction of sp³-hybridized carbons (Fsp3) is 0.900. The SMILES string of the molecule is CCOC(=O)CC(O)CNCCCNS(C)(=O)=O. The first-order chi connectivity index (χ1) is 8.35. The van der Waals surface area contributed by atoms with E-state index in [1.807, 2.05) is 0 Å². The molecule has 1 atom stereocenters. The van der Waals surface area contributed by atoms with Crippen molar-refractivity contribution in [1.29, 1.82) is 0 Å². The van der Waals surface area contributed by atoms with Gasteiger partial charge in [-0.1, -0.05) is 0 Å². The largest absolute Gasteiger partial charge is 0.466 e. The van der Waals surface area contributed by atoms with Crippen LogP contribution in [0.5, 0.6) is 0 Å². The summed E-state index contributed by atoms with van der Waals surface area (Å²) in [5.41, 5.74) is 0. The Kier molecular flexibility index (Phi) is 8.90. The van der Waals surface area contributed by atoms with Crippen molar-refractivity contribution in [1.82, 2.24) is 10.0 Å². The Morgan fingerprint density at radius 2 is 2.06 bits per heavy atom. The van der Waals surface area contributed by atoms with Crippen LogP contribution in [0.1, 0.15) is 19.8 Å². The van der Waals surface area contributed by atoms with Crippen LogP contribution in [0.15, 0.2) is 0 Å². The first-order valence-corrected chi connectivity index (χ1v) is 7.73. The summed E-state index contributed by atoms with van der Waals surface area (Å²) in [6.07, 6.45) is 0.887. The van der Waals surface area contributed by atoms with Crippen LogP contribution in [0.3, 0.4) is 0 Å². The maximum Gasteiger partial charge on any atom is 0.308 e. The lowest BCUT2D eigenvalue weighted by Crippen LogP contribution is -2.32. The van der Waals surface area contributed by atoms with Crippen LogP contribution in [-0.4, -0.2) is 58.1 Å². The molecule has 0 rings (SSSR count). The summed E-state index contributed by atoms with van der Waals surface area (Å²) in [5.74, 6) is -0.425. The molecule has 0 aliphatic rings. The molecule has 0 saturated carbocycles. The van der Waals surface area contributed by atoms with Crippen molar-refractivity contribution in [3.63, 3.8) is 0 Å². The molecule has 0 aliphatic heterocycles. The van der Waals surface area contributed by atoms with Crippen LogP contribution in [0.4, 0.5) is 0 Å². The van der Waals surface area contributed by atoms with E-state index in [4.69, 9.17) is 4.74 Å².